The van der Waals surface area contributed by atoms with Crippen LogP contribution in [0.5, 0.6) is 0 Å². The number of thiophene rings is 1. The summed E-state index contributed by atoms with van der Waals surface area (Å²) in [6, 6.07) is 13.5. The van der Waals surface area contributed by atoms with Gasteiger partial charge in [0.1, 0.15) is 0 Å². The van der Waals surface area contributed by atoms with Gasteiger partial charge in [-0.2, -0.15) is 0 Å². The number of nitrogens with one attached hydrogen (secondary N) is 2. The summed E-state index contributed by atoms with van der Waals surface area (Å²) in [4.78, 5) is 1.33. The van der Waals surface area contributed by atoms with Gasteiger partial charge in [0.25, 0.3) is 0 Å². The van der Waals surface area contributed by atoms with Crippen molar-refractivity contribution in [2.24, 2.45) is 0 Å². The molecule has 1 unspecified atom stereocenters. The average Bonchev–Trinajstić information content (AvgIpc) is 3.01. The summed E-state index contributed by atoms with van der Waals surface area (Å²) >= 11 is 1.80. The van der Waals surface area contributed by atoms with Crippen molar-refractivity contribution in [1.29, 1.82) is 0 Å². The monoisotopic (exact) mass is 272 g/mol. The number of benzene rings is 1. The molecule has 1 aliphatic heterocycles. The number of hydrogen-bond donors (Lipinski definition) is 2. The minimum absolute atomic E-state index is 0.616. The lowest BCUT2D eigenvalue weighted by Gasteiger charge is -2.24. The highest BCUT2D eigenvalue weighted by atomic mass is 32.1. The van der Waals surface area contributed by atoms with Crippen LogP contribution in [0.15, 0.2) is 41.8 Å². The molecule has 3 rings (SSSR count). The van der Waals surface area contributed by atoms with E-state index in [1.807, 2.05) is 0 Å². The Balaban J connectivity index is 1.70. The van der Waals surface area contributed by atoms with Crippen molar-refractivity contribution in [1.82, 2.24) is 5.32 Å². The van der Waals surface area contributed by atoms with E-state index in [0.717, 1.165) is 6.54 Å². The molecule has 1 saturated heterocycles. The van der Waals surface area contributed by atoms with Gasteiger partial charge in [0.2, 0.25) is 0 Å². The molecule has 0 amide bonds. The zero-order valence-corrected chi connectivity index (χ0v) is 11.9. The average molecular weight is 272 g/mol. The van der Waals surface area contributed by atoms with Gasteiger partial charge in [-0.05, 0) is 36.9 Å². The minimum atomic E-state index is 0.616. The Hall–Kier alpha value is -1.32. The van der Waals surface area contributed by atoms with Gasteiger partial charge < -0.3 is 10.6 Å². The van der Waals surface area contributed by atoms with Crippen LogP contribution in [0.3, 0.4) is 0 Å². The summed E-state index contributed by atoms with van der Waals surface area (Å²) < 4.78 is 0. The fourth-order valence-corrected chi connectivity index (χ4v) is 3.38. The van der Waals surface area contributed by atoms with E-state index in [4.69, 9.17) is 0 Å². The van der Waals surface area contributed by atoms with Gasteiger partial charge in [0.15, 0.2) is 0 Å². The predicted octanol–water partition coefficient (Wildman–Crippen LogP) is 3.97. The maximum Gasteiger partial charge on any atom is 0.0428 e. The van der Waals surface area contributed by atoms with Crippen LogP contribution in [0.2, 0.25) is 0 Å². The van der Waals surface area contributed by atoms with E-state index in [1.165, 1.54) is 41.9 Å². The molecule has 0 radical (unpaired) electrons. The highest BCUT2D eigenvalue weighted by Gasteiger charge is 2.13. The molecule has 3 heteroatoms. The number of rotatable bonds is 4. The Bertz CT molecular complexity index is 501. The van der Waals surface area contributed by atoms with Gasteiger partial charge in [0, 0.05) is 28.7 Å². The third-order valence-corrected chi connectivity index (χ3v) is 4.57. The SMILES string of the molecule is c1csc(-c2ccccc2NCC2CCCCN2)c1. The first-order chi connectivity index (χ1) is 9.43. The lowest BCUT2D eigenvalue weighted by molar-refractivity contribution is 0.414. The van der Waals surface area contributed by atoms with E-state index in [1.54, 1.807) is 11.3 Å². The molecule has 1 fully saturated rings. The first-order valence-electron chi connectivity index (χ1n) is 7.03. The number of anilines is 1. The van der Waals surface area contributed by atoms with Gasteiger partial charge >= 0.3 is 0 Å². The largest absolute Gasteiger partial charge is 0.383 e. The van der Waals surface area contributed by atoms with Gasteiger partial charge in [-0.1, -0.05) is 30.7 Å². The number of piperidine rings is 1. The molecule has 1 atom stereocenters. The van der Waals surface area contributed by atoms with Crippen molar-refractivity contribution in [3.8, 4) is 10.4 Å². The van der Waals surface area contributed by atoms with E-state index in [2.05, 4.69) is 52.4 Å². The van der Waals surface area contributed by atoms with E-state index >= 15 is 0 Å². The van der Waals surface area contributed by atoms with Crippen molar-refractivity contribution >= 4 is 17.0 Å². The van der Waals surface area contributed by atoms with Crippen LogP contribution in [-0.2, 0) is 0 Å². The summed E-state index contributed by atoms with van der Waals surface area (Å²) in [6.07, 6.45) is 3.96. The van der Waals surface area contributed by atoms with E-state index in [0.29, 0.717) is 6.04 Å². The van der Waals surface area contributed by atoms with Crippen molar-refractivity contribution in [3.05, 3.63) is 41.8 Å². The first kappa shape index (κ1) is 12.7. The fraction of sp³-hybridized carbons (Fsp3) is 0.375. The quantitative estimate of drug-likeness (QED) is 0.880. The van der Waals surface area contributed by atoms with Crippen LogP contribution in [-0.4, -0.2) is 19.1 Å². The topological polar surface area (TPSA) is 24.1 Å². The number of para-hydroxylation sites is 1. The Labute approximate surface area is 118 Å². The molecule has 1 aromatic heterocycles. The molecular formula is C16H20N2S. The van der Waals surface area contributed by atoms with Crippen molar-refractivity contribution in [2.75, 3.05) is 18.4 Å². The highest BCUT2D eigenvalue weighted by Crippen LogP contribution is 2.31. The molecule has 0 spiro atoms. The molecule has 2 N–H and O–H groups in total. The third-order valence-electron chi connectivity index (χ3n) is 3.66. The molecule has 2 aromatic rings. The summed E-state index contributed by atoms with van der Waals surface area (Å²) in [7, 11) is 0. The van der Waals surface area contributed by atoms with Gasteiger partial charge in [-0.3, -0.25) is 0 Å². The van der Waals surface area contributed by atoms with E-state index in [9.17, 15) is 0 Å². The van der Waals surface area contributed by atoms with Crippen LogP contribution >= 0.6 is 11.3 Å². The normalized spacial score (nSPS) is 19.3. The standard InChI is InChI=1S/C16H20N2S/c1-2-8-15(14(7-1)16-9-5-11-19-16)18-12-13-6-3-4-10-17-13/h1-2,5,7-9,11,13,17-18H,3-4,6,10,12H2. The lowest BCUT2D eigenvalue weighted by Crippen LogP contribution is -2.39. The molecule has 1 aliphatic rings. The Morgan fingerprint density at radius 3 is 2.89 bits per heavy atom. The van der Waals surface area contributed by atoms with Gasteiger partial charge in [-0.25, -0.2) is 0 Å². The van der Waals surface area contributed by atoms with Crippen LogP contribution in [0.4, 0.5) is 5.69 Å². The molecular weight excluding hydrogens is 252 g/mol. The molecule has 2 nitrogen and oxygen atoms in total. The summed E-state index contributed by atoms with van der Waals surface area (Å²) in [6.45, 7) is 2.18. The van der Waals surface area contributed by atoms with Gasteiger partial charge in [-0.15, -0.1) is 11.3 Å². The van der Waals surface area contributed by atoms with Crippen LogP contribution < -0.4 is 10.6 Å². The Morgan fingerprint density at radius 1 is 1.16 bits per heavy atom. The zero-order chi connectivity index (χ0) is 12.9. The smallest absolute Gasteiger partial charge is 0.0428 e. The van der Waals surface area contributed by atoms with E-state index < -0.39 is 0 Å². The molecule has 2 heterocycles. The van der Waals surface area contributed by atoms with Crippen molar-refractivity contribution in [2.45, 2.75) is 25.3 Å². The molecule has 0 saturated carbocycles. The first-order valence-corrected chi connectivity index (χ1v) is 7.91. The van der Waals surface area contributed by atoms with Crippen LogP contribution in [0, 0.1) is 0 Å². The second-order valence-electron chi connectivity index (χ2n) is 5.05. The van der Waals surface area contributed by atoms with Crippen molar-refractivity contribution in [3.63, 3.8) is 0 Å². The number of hydrogen-bond acceptors (Lipinski definition) is 3. The third kappa shape index (κ3) is 3.17. The molecule has 0 bridgehead atoms. The summed E-state index contributed by atoms with van der Waals surface area (Å²) in [5.74, 6) is 0. The van der Waals surface area contributed by atoms with Crippen LogP contribution in [0.1, 0.15) is 19.3 Å². The Morgan fingerprint density at radius 2 is 2.11 bits per heavy atom. The second kappa shape index (κ2) is 6.22. The molecule has 1 aromatic carbocycles. The predicted molar refractivity (Wildman–Crippen MR) is 83.9 cm³/mol. The lowest BCUT2D eigenvalue weighted by atomic mass is 10.0. The zero-order valence-electron chi connectivity index (χ0n) is 11.1. The fourth-order valence-electron chi connectivity index (χ4n) is 2.62. The Kier molecular flexibility index (Phi) is 4.16. The highest BCUT2D eigenvalue weighted by molar-refractivity contribution is 7.13. The van der Waals surface area contributed by atoms with Crippen LogP contribution in [0.25, 0.3) is 10.4 Å². The summed E-state index contributed by atoms with van der Waals surface area (Å²) in [5, 5.41) is 9.33. The maximum atomic E-state index is 3.62. The second-order valence-corrected chi connectivity index (χ2v) is 6.00. The van der Waals surface area contributed by atoms with Gasteiger partial charge in [0.05, 0.1) is 0 Å². The summed E-state index contributed by atoms with van der Waals surface area (Å²) in [5.41, 5.74) is 2.56. The molecule has 100 valence electrons. The molecule has 19 heavy (non-hydrogen) atoms. The molecule has 0 aliphatic carbocycles. The van der Waals surface area contributed by atoms with E-state index in [-0.39, 0.29) is 0 Å². The minimum Gasteiger partial charge on any atom is -0.383 e. The maximum absolute atomic E-state index is 3.62. The van der Waals surface area contributed by atoms with Crippen molar-refractivity contribution < 1.29 is 0 Å².